The zero-order chi connectivity index (χ0) is 52.5. The molecule has 3 heterocycles. The SMILES string of the molecule is CO[C@H](C(=O)Nc1cccc(OCc2cccnc2)c1)c1ccccc1.O=C(Nc1cccc(OCc2cccnc2)c1)C(=O)C1=CCCCC1.O=C1CCC(C(=O)Nc2cccc(OCc3cccnc3)c2)CC1. The number of carbonyl (C=O) groups is 5. The van der Waals surface area contributed by atoms with Gasteiger partial charge >= 0.3 is 0 Å². The maximum atomic E-state index is 12.5. The van der Waals surface area contributed by atoms with Gasteiger partial charge in [0.25, 0.3) is 11.8 Å². The highest BCUT2D eigenvalue weighted by atomic mass is 16.5. The van der Waals surface area contributed by atoms with Crippen molar-refractivity contribution in [1.82, 2.24) is 15.0 Å². The lowest BCUT2D eigenvalue weighted by Crippen LogP contribution is -2.27. The number of aromatic nitrogens is 3. The fourth-order valence-electron chi connectivity index (χ4n) is 8.00. The molecule has 1 fully saturated rings. The Labute approximate surface area is 436 Å². The molecule has 1 atom stereocenters. The number of allylic oxidation sites excluding steroid dienone is 1. The van der Waals surface area contributed by atoms with E-state index in [-0.39, 0.29) is 23.5 Å². The highest BCUT2D eigenvalue weighted by molar-refractivity contribution is 6.46. The number of carbonyl (C=O) groups excluding carboxylic acids is 5. The van der Waals surface area contributed by atoms with Crippen LogP contribution in [-0.2, 0) is 48.5 Å². The molecule has 3 aromatic heterocycles. The van der Waals surface area contributed by atoms with Gasteiger partial charge in [-0.3, -0.25) is 38.9 Å². The summed E-state index contributed by atoms with van der Waals surface area (Å²) in [6.07, 6.45) is 17.5. The Balaban J connectivity index is 0.000000164. The van der Waals surface area contributed by atoms with Gasteiger partial charge in [0.05, 0.1) is 0 Å². The van der Waals surface area contributed by atoms with E-state index in [0.29, 0.717) is 91.8 Å². The third-order valence-corrected chi connectivity index (χ3v) is 12.0. The average Bonchev–Trinajstić information content (AvgIpc) is 3.45. The molecule has 3 amide bonds. The number of benzene rings is 4. The molecular weight excluding hydrogens is 949 g/mol. The molecule has 7 aromatic rings. The molecule has 2 aliphatic rings. The average molecular weight is 1010 g/mol. The topological polar surface area (TPSA) is 197 Å². The molecule has 2 aliphatic carbocycles. The van der Waals surface area contributed by atoms with Gasteiger partial charge in [0.1, 0.15) is 42.9 Å². The van der Waals surface area contributed by atoms with Crippen LogP contribution >= 0.6 is 0 Å². The molecule has 1 saturated carbocycles. The van der Waals surface area contributed by atoms with Crippen molar-refractivity contribution in [2.45, 2.75) is 77.3 Å². The molecular formula is C60H60N6O9. The summed E-state index contributed by atoms with van der Waals surface area (Å²) in [5, 5.41) is 8.45. The van der Waals surface area contributed by atoms with E-state index in [1.165, 1.54) is 7.11 Å². The minimum atomic E-state index is -0.670. The first-order valence-electron chi connectivity index (χ1n) is 24.8. The zero-order valence-electron chi connectivity index (χ0n) is 41.8. The minimum Gasteiger partial charge on any atom is -0.489 e. The van der Waals surface area contributed by atoms with Gasteiger partial charge in [-0.15, -0.1) is 0 Å². The number of nitrogens with one attached hydrogen (secondary N) is 3. The van der Waals surface area contributed by atoms with Crippen LogP contribution in [-0.4, -0.2) is 51.3 Å². The molecule has 4 aromatic carbocycles. The van der Waals surface area contributed by atoms with Crippen LogP contribution in [0.15, 0.2) is 188 Å². The zero-order valence-corrected chi connectivity index (χ0v) is 41.8. The third kappa shape index (κ3) is 18.0. The second-order valence-corrected chi connectivity index (χ2v) is 17.6. The first-order valence-corrected chi connectivity index (χ1v) is 24.8. The fourth-order valence-corrected chi connectivity index (χ4v) is 8.00. The third-order valence-electron chi connectivity index (χ3n) is 12.0. The summed E-state index contributed by atoms with van der Waals surface area (Å²) in [5.41, 5.74) is 6.24. The second kappa shape index (κ2) is 29.0. The van der Waals surface area contributed by atoms with Crippen molar-refractivity contribution < 1.29 is 42.9 Å². The van der Waals surface area contributed by atoms with Crippen LogP contribution in [0.25, 0.3) is 0 Å². The van der Waals surface area contributed by atoms with E-state index in [0.717, 1.165) is 41.5 Å². The monoisotopic (exact) mass is 1010 g/mol. The normalized spacial score (nSPS) is 13.4. The number of methoxy groups -OCH3 is 1. The summed E-state index contributed by atoms with van der Waals surface area (Å²) in [5.74, 6) is 0.850. The molecule has 0 spiro atoms. The maximum absolute atomic E-state index is 12.5. The first kappa shape index (κ1) is 54.0. The standard InChI is InChI=1S/C21H20N2O3.C20H20N2O3.C19H20N2O3/c1-25-20(17-8-3-2-4-9-17)21(24)23-18-10-5-11-19(13-18)26-15-16-7-6-12-22-14-16;23-19(16-7-2-1-3-8-16)20(24)22-17-9-4-10-18(12-17)25-14-15-6-5-11-21-13-15;22-17-8-6-15(7-9-17)19(23)21-16-4-1-5-18(11-16)24-13-14-3-2-10-20-12-14/h2-14,20H,15H2,1H3,(H,23,24);4-7,9-13H,1-3,8,14H2,(H,22,24);1-5,10-12,15H,6-9,13H2,(H,21,23)/t20-;;/m0../s1. The predicted molar refractivity (Wildman–Crippen MR) is 286 cm³/mol. The Hall–Kier alpha value is -8.82. The lowest BCUT2D eigenvalue weighted by Gasteiger charge is -2.20. The number of nitrogens with zero attached hydrogens (tertiary/aromatic N) is 3. The van der Waals surface area contributed by atoms with Crippen LogP contribution in [0.5, 0.6) is 17.2 Å². The maximum Gasteiger partial charge on any atom is 0.296 e. The number of Topliss-reactive ketones (excluding diaryl/α,β-unsaturated/α-hetero) is 2. The van der Waals surface area contributed by atoms with Crippen LogP contribution in [0.1, 0.15) is 79.7 Å². The van der Waals surface area contributed by atoms with Crippen molar-refractivity contribution in [1.29, 1.82) is 0 Å². The van der Waals surface area contributed by atoms with E-state index in [1.807, 2.05) is 115 Å². The molecule has 75 heavy (non-hydrogen) atoms. The van der Waals surface area contributed by atoms with Crippen molar-refractivity contribution in [3.05, 3.63) is 211 Å². The van der Waals surface area contributed by atoms with E-state index < -0.39 is 17.8 Å². The van der Waals surface area contributed by atoms with E-state index in [1.54, 1.807) is 67.5 Å². The first-order chi connectivity index (χ1) is 36.7. The molecule has 9 rings (SSSR count). The molecule has 15 nitrogen and oxygen atoms in total. The van der Waals surface area contributed by atoms with Gasteiger partial charge in [0.15, 0.2) is 6.10 Å². The molecule has 0 aliphatic heterocycles. The van der Waals surface area contributed by atoms with E-state index in [9.17, 15) is 24.0 Å². The molecule has 0 saturated heterocycles. The number of hydrogen-bond acceptors (Lipinski definition) is 12. The number of pyridine rings is 3. The summed E-state index contributed by atoms with van der Waals surface area (Å²) in [4.78, 5) is 72.6. The summed E-state index contributed by atoms with van der Waals surface area (Å²) in [6, 6.07) is 42.4. The van der Waals surface area contributed by atoms with Gasteiger partial charge in [-0.2, -0.15) is 0 Å². The van der Waals surface area contributed by atoms with Crippen LogP contribution in [0.2, 0.25) is 0 Å². The van der Waals surface area contributed by atoms with E-state index in [2.05, 4.69) is 30.9 Å². The van der Waals surface area contributed by atoms with Gasteiger partial charge in [-0.1, -0.05) is 72.8 Å². The number of ether oxygens (including phenoxy) is 4. The van der Waals surface area contributed by atoms with Gasteiger partial charge in [-0.25, -0.2) is 0 Å². The summed E-state index contributed by atoms with van der Waals surface area (Å²) in [7, 11) is 1.52. The fraction of sp³-hybridized carbons (Fsp3) is 0.233. The second-order valence-electron chi connectivity index (χ2n) is 17.6. The highest BCUT2D eigenvalue weighted by Gasteiger charge is 2.25. The number of hydrogen-bond donors (Lipinski definition) is 3. The number of anilines is 3. The Morgan fingerprint density at radius 3 is 1.51 bits per heavy atom. The van der Waals surface area contributed by atoms with Crippen molar-refractivity contribution in [3.8, 4) is 17.2 Å². The predicted octanol–water partition coefficient (Wildman–Crippen LogP) is 11.0. The van der Waals surface area contributed by atoms with Crippen LogP contribution < -0.4 is 30.2 Å². The largest absolute Gasteiger partial charge is 0.489 e. The van der Waals surface area contributed by atoms with Crippen LogP contribution in [0.4, 0.5) is 17.1 Å². The van der Waals surface area contributed by atoms with Crippen molar-refractivity contribution >= 4 is 46.4 Å². The van der Waals surface area contributed by atoms with Gasteiger partial charge < -0.3 is 34.9 Å². The van der Waals surface area contributed by atoms with E-state index >= 15 is 0 Å². The number of amides is 3. The van der Waals surface area contributed by atoms with Crippen molar-refractivity contribution in [2.75, 3.05) is 23.1 Å². The van der Waals surface area contributed by atoms with Crippen LogP contribution in [0.3, 0.4) is 0 Å². The van der Waals surface area contributed by atoms with E-state index in [4.69, 9.17) is 18.9 Å². The summed E-state index contributed by atoms with van der Waals surface area (Å²) in [6.45, 7) is 1.23. The van der Waals surface area contributed by atoms with Gasteiger partial charge in [0, 0.05) is 121 Å². The molecule has 15 heteroatoms. The Morgan fingerprint density at radius 2 is 1.05 bits per heavy atom. The van der Waals surface area contributed by atoms with Crippen molar-refractivity contribution in [2.24, 2.45) is 5.92 Å². The molecule has 3 N–H and O–H groups in total. The Morgan fingerprint density at radius 1 is 0.560 bits per heavy atom. The smallest absolute Gasteiger partial charge is 0.296 e. The lowest BCUT2D eigenvalue weighted by molar-refractivity contribution is -0.132. The lowest BCUT2D eigenvalue weighted by atomic mass is 9.88. The summed E-state index contributed by atoms with van der Waals surface area (Å²) < 4.78 is 22.6. The minimum absolute atomic E-state index is 0.0214. The van der Waals surface area contributed by atoms with Crippen LogP contribution in [0, 0.1) is 5.92 Å². The van der Waals surface area contributed by atoms with Crippen molar-refractivity contribution in [3.63, 3.8) is 0 Å². The molecule has 0 radical (unpaired) electrons. The summed E-state index contributed by atoms with van der Waals surface area (Å²) >= 11 is 0. The molecule has 0 unspecified atom stereocenters. The van der Waals surface area contributed by atoms with Gasteiger partial charge in [0.2, 0.25) is 11.7 Å². The Kier molecular flexibility index (Phi) is 20.9. The van der Waals surface area contributed by atoms with Gasteiger partial charge in [-0.05, 0) is 98.7 Å². The quantitative estimate of drug-likeness (QED) is 0.0689. The highest BCUT2D eigenvalue weighted by Crippen LogP contribution is 2.26. The Bertz CT molecular complexity index is 2970. The molecule has 384 valence electrons. The number of ketones is 2. The number of rotatable bonds is 18. The molecule has 0 bridgehead atoms.